The van der Waals surface area contributed by atoms with Crippen molar-refractivity contribution in [3.63, 3.8) is 0 Å². The molecule has 10 nitrogen and oxygen atoms in total. The second-order valence-electron chi connectivity index (χ2n) is 10.6. The van der Waals surface area contributed by atoms with Gasteiger partial charge in [-0.3, -0.25) is 8.80 Å². The van der Waals surface area contributed by atoms with Crippen LogP contribution in [-0.2, 0) is 0 Å². The maximum absolute atomic E-state index is 4.52. The highest BCUT2D eigenvalue weighted by Crippen LogP contribution is 2.33. The summed E-state index contributed by atoms with van der Waals surface area (Å²) in [5, 5.41) is 7.01. The van der Waals surface area contributed by atoms with E-state index in [-0.39, 0.29) is 0 Å². The topological polar surface area (TPSA) is 116 Å². The highest BCUT2D eigenvalue weighted by Gasteiger charge is 2.31. The SMILES string of the molecule is CC[C@@H]1CNCC1c1cnc2cnc3[nH]ccc3n12.CC[C@@H]1CNCC1c1cnc2cnc3[nH]ccc3n12. The summed E-state index contributed by atoms with van der Waals surface area (Å²) in [5.74, 6) is 2.48. The molecule has 2 unspecified atom stereocenters. The lowest BCUT2D eigenvalue weighted by atomic mass is 9.91. The van der Waals surface area contributed by atoms with E-state index in [4.69, 9.17) is 0 Å². The van der Waals surface area contributed by atoms with E-state index in [1.807, 2.05) is 37.2 Å². The molecule has 8 rings (SSSR count). The van der Waals surface area contributed by atoms with Crippen LogP contribution in [0, 0.1) is 11.8 Å². The number of imidazole rings is 2. The summed E-state index contributed by atoms with van der Waals surface area (Å²) < 4.78 is 4.50. The second kappa shape index (κ2) is 9.52. The average Bonchev–Trinajstić information content (AvgIpc) is 3.77. The Hall–Kier alpha value is -3.76. The maximum atomic E-state index is 4.52. The number of H-pyrrole nitrogens is 2. The number of nitrogens with one attached hydrogen (secondary N) is 4. The monoisotopic (exact) mass is 510 g/mol. The Balaban J connectivity index is 0.000000127. The molecular formula is C28H34N10. The molecule has 2 fully saturated rings. The van der Waals surface area contributed by atoms with Crippen molar-refractivity contribution in [1.82, 2.24) is 49.3 Å². The molecule has 38 heavy (non-hydrogen) atoms. The number of hydrogen-bond donors (Lipinski definition) is 4. The van der Waals surface area contributed by atoms with Gasteiger partial charge in [0.15, 0.2) is 22.6 Å². The zero-order valence-corrected chi connectivity index (χ0v) is 21.9. The second-order valence-corrected chi connectivity index (χ2v) is 10.6. The minimum Gasteiger partial charge on any atom is -0.345 e. The number of hydrogen-bond acceptors (Lipinski definition) is 6. The summed E-state index contributed by atoms with van der Waals surface area (Å²) in [4.78, 5) is 24.2. The van der Waals surface area contributed by atoms with Crippen molar-refractivity contribution in [1.29, 1.82) is 0 Å². The molecule has 0 amide bonds. The van der Waals surface area contributed by atoms with E-state index in [2.05, 4.69) is 75.3 Å². The number of aromatic nitrogens is 8. The Morgan fingerprint density at radius 1 is 0.658 bits per heavy atom. The summed E-state index contributed by atoms with van der Waals surface area (Å²) in [7, 11) is 0. The molecule has 0 aliphatic carbocycles. The van der Waals surface area contributed by atoms with Crippen molar-refractivity contribution in [2.75, 3.05) is 26.2 Å². The fraction of sp³-hybridized carbons (Fsp3) is 0.429. The summed E-state index contributed by atoms with van der Waals surface area (Å²) in [6, 6.07) is 4.15. The third-order valence-electron chi connectivity index (χ3n) is 8.63. The molecule has 0 spiro atoms. The van der Waals surface area contributed by atoms with Crippen LogP contribution in [0.1, 0.15) is 49.9 Å². The molecule has 10 heteroatoms. The van der Waals surface area contributed by atoms with E-state index in [1.165, 1.54) is 24.2 Å². The molecule has 196 valence electrons. The summed E-state index contributed by atoms with van der Waals surface area (Å²) >= 11 is 0. The van der Waals surface area contributed by atoms with Crippen molar-refractivity contribution < 1.29 is 0 Å². The van der Waals surface area contributed by atoms with Gasteiger partial charge in [0.25, 0.3) is 0 Å². The molecule has 4 atom stereocenters. The van der Waals surface area contributed by atoms with Gasteiger partial charge in [-0.25, -0.2) is 19.9 Å². The first kappa shape index (κ1) is 23.4. The number of rotatable bonds is 4. The molecule has 4 N–H and O–H groups in total. The lowest BCUT2D eigenvalue weighted by Crippen LogP contribution is -2.12. The Morgan fingerprint density at radius 2 is 1.13 bits per heavy atom. The minimum absolute atomic E-state index is 0.542. The lowest BCUT2D eigenvalue weighted by molar-refractivity contribution is 0.493. The fourth-order valence-electron chi connectivity index (χ4n) is 6.52. The van der Waals surface area contributed by atoms with E-state index < -0.39 is 0 Å². The van der Waals surface area contributed by atoms with Gasteiger partial charge in [-0.1, -0.05) is 26.7 Å². The third-order valence-corrected chi connectivity index (χ3v) is 8.63. The van der Waals surface area contributed by atoms with Crippen LogP contribution in [-0.4, -0.2) is 64.9 Å². The first-order chi connectivity index (χ1) is 18.8. The molecule has 0 aromatic carbocycles. The lowest BCUT2D eigenvalue weighted by Gasteiger charge is -2.16. The van der Waals surface area contributed by atoms with Crippen LogP contribution in [0.5, 0.6) is 0 Å². The van der Waals surface area contributed by atoms with E-state index in [9.17, 15) is 0 Å². The first-order valence-corrected chi connectivity index (χ1v) is 13.8. The van der Waals surface area contributed by atoms with Gasteiger partial charge in [-0.15, -0.1) is 0 Å². The smallest absolute Gasteiger partial charge is 0.156 e. The molecule has 2 aliphatic heterocycles. The van der Waals surface area contributed by atoms with Gasteiger partial charge in [0, 0.05) is 61.1 Å². The van der Waals surface area contributed by atoms with Crippen LogP contribution in [0.4, 0.5) is 0 Å². The van der Waals surface area contributed by atoms with E-state index in [0.29, 0.717) is 23.7 Å². The minimum atomic E-state index is 0.542. The van der Waals surface area contributed by atoms with Gasteiger partial charge in [0.2, 0.25) is 0 Å². The molecule has 8 heterocycles. The van der Waals surface area contributed by atoms with Crippen molar-refractivity contribution in [2.24, 2.45) is 11.8 Å². The van der Waals surface area contributed by atoms with Gasteiger partial charge in [-0.05, 0) is 37.1 Å². The van der Waals surface area contributed by atoms with Crippen molar-refractivity contribution in [3.05, 3.63) is 60.7 Å². The van der Waals surface area contributed by atoms with Gasteiger partial charge < -0.3 is 20.6 Å². The van der Waals surface area contributed by atoms with Crippen LogP contribution < -0.4 is 10.6 Å². The van der Waals surface area contributed by atoms with Crippen LogP contribution in [0.25, 0.3) is 33.6 Å². The van der Waals surface area contributed by atoms with Gasteiger partial charge in [0.1, 0.15) is 0 Å². The van der Waals surface area contributed by atoms with E-state index >= 15 is 0 Å². The predicted molar refractivity (Wildman–Crippen MR) is 148 cm³/mol. The van der Waals surface area contributed by atoms with Crippen LogP contribution in [0.15, 0.2) is 49.3 Å². The molecule has 0 bridgehead atoms. The predicted octanol–water partition coefficient (Wildman–Crippen LogP) is 3.85. The van der Waals surface area contributed by atoms with Crippen LogP contribution >= 0.6 is 0 Å². The quantitative estimate of drug-likeness (QED) is 0.286. The molecule has 2 saturated heterocycles. The van der Waals surface area contributed by atoms with Gasteiger partial charge in [0.05, 0.1) is 23.4 Å². The first-order valence-electron chi connectivity index (χ1n) is 13.8. The van der Waals surface area contributed by atoms with Gasteiger partial charge >= 0.3 is 0 Å². The number of fused-ring (bicyclic) bond motifs is 6. The van der Waals surface area contributed by atoms with Crippen LogP contribution in [0.3, 0.4) is 0 Å². The molecule has 2 aliphatic rings. The van der Waals surface area contributed by atoms with Crippen molar-refractivity contribution >= 4 is 33.6 Å². The highest BCUT2D eigenvalue weighted by atomic mass is 15.1. The number of aromatic amines is 2. The standard InChI is InChI=1S/2C14H17N5/c2*1-2-9-5-15-6-10(9)12-7-17-13-8-18-14-11(19(12)13)3-4-16-14/h2*3-4,7-10,15-16H,2,5-6H2,1H3/t2*9-,10?/m11/s1. The molecule has 6 aromatic heterocycles. The maximum Gasteiger partial charge on any atom is 0.156 e. The Bertz CT molecular complexity index is 1580. The van der Waals surface area contributed by atoms with E-state index in [0.717, 1.165) is 59.8 Å². The summed E-state index contributed by atoms with van der Waals surface area (Å²) in [5.41, 5.74) is 8.56. The largest absolute Gasteiger partial charge is 0.345 e. The summed E-state index contributed by atoms with van der Waals surface area (Å²) in [6.07, 6.45) is 14.0. The van der Waals surface area contributed by atoms with E-state index in [1.54, 1.807) is 0 Å². The molecule has 0 saturated carbocycles. The zero-order chi connectivity index (χ0) is 25.6. The van der Waals surface area contributed by atoms with Gasteiger partial charge in [-0.2, -0.15) is 0 Å². The molecule has 0 radical (unpaired) electrons. The molecular weight excluding hydrogens is 476 g/mol. The Morgan fingerprint density at radius 3 is 1.58 bits per heavy atom. The van der Waals surface area contributed by atoms with Crippen molar-refractivity contribution in [2.45, 2.75) is 38.5 Å². The average molecular weight is 511 g/mol. The third kappa shape index (κ3) is 3.70. The Kier molecular flexibility index (Phi) is 5.85. The fourth-order valence-corrected chi connectivity index (χ4v) is 6.52. The highest BCUT2D eigenvalue weighted by molar-refractivity contribution is 5.75. The zero-order valence-electron chi connectivity index (χ0n) is 21.9. The number of nitrogens with zero attached hydrogens (tertiary/aromatic N) is 6. The van der Waals surface area contributed by atoms with Crippen LogP contribution in [0.2, 0.25) is 0 Å². The normalized spacial score (nSPS) is 23.6. The Labute approximate surface area is 220 Å². The van der Waals surface area contributed by atoms with Crippen molar-refractivity contribution in [3.8, 4) is 0 Å². The molecule has 6 aromatic rings. The summed E-state index contributed by atoms with van der Waals surface area (Å²) in [6.45, 7) is 8.83.